The van der Waals surface area contributed by atoms with Crippen molar-refractivity contribution < 1.29 is 4.79 Å². The van der Waals surface area contributed by atoms with Gasteiger partial charge in [0, 0.05) is 12.5 Å². The number of hydrogen-bond donors (Lipinski definition) is 0. The van der Waals surface area contributed by atoms with Crippen LogP contribution in [0.25, 0.3) is 11.1 Å². The number of para-hydroxylation sites is 1. The molecule has 0 aromatic heterocycles. The normalized spacial score (nSPS) is 15.5. The highest BCUT2D eigenvalue weighted by Crippen LogP contribution is 2.45. The van der Waals surface area contributed by atoms with E-state index in [0.717, 1.165) is 17.7 Å². The van der Waals surface area contributed by atoms with Crippen LogP contribution >= 0.6 is 0 Å². The van der Waals surface area contributed by atoms with Gasteiger partial charge in [0.15, 0.2) is 0 Å². The van der Waals surface area contributed by atoms with E-state index in [9.17, 15) is 4.79 Å². The van der Waals surface area contributed by atoms with E-state index in [-0.39, 0.29) is 11.9 Å². The molecule has 0 saturated heterocycles. The van der Waals surface area contributed by atoms with Crippen LogP contribution in [0.4, 0.5) is 5.69 Å². The van der Waals surface area contributed by atoms with Crippen LogP contribution in [0.1, 0.15) is 24.1 Å². The summed E-state index contributed by atoms with van der Waals surface area (Å²) in [7, 11) is 0. The summed E-state index contributed by atoms with van der Waals surface area (Å²) in [4.78, 5) is 14.4. The predicted molar refractivity (Wildman–Crippen MR) is 97.9 cm³/mol. The average Bonchev–Trinajstić information content (AvgIpc) is 2.62. The largest absolute Gasteiger partial charge is 0.304 e. The maximum Gasteiger partial charge on any atom is 0.224 e. The van der Waals surface area contributed by atoms with Gasteiger partial charge >= 0.3 is 0 Å². The number of benzene rings is 3. The molecule has 2 heteroatoms. The van der Waals surface area contributed by atoms with E-state index in [1.165, 1.54) is 16.7 Å². The van der Waals surface area contributed by atoms with Crippen molar-refractivity contribution in [2.24, 2.45) is 0 Å². The molecule has 1 unspecified atom stereocenters. The molecule has 1 atom stereocenters. The zero-order valence-electron chi connectivity index (χ0n) is 13.6. The van der Waals surface area contributed by atoms with E-state index in [1.54, 1.807) is 6.92 Å². The SMILES string of the molecule is CC(=O)N1c2ccccc2-c2ccccc2C1Cc1ccccc1. The van der Waals surface area contributed by atoms with Gasteiger partial charge in [-0.2, -0.15) is 0 Å². The molecular formula is C22H19NO. The number of amides is 1. The van der Waals surface area contributed by atoms with Gasteiger partial charge in [0.2, 0.25) is 5.91 Å². The van der Waals surface area contributed by atoms with Crippen molar-refractivity contribution in [1.29, 1.82) is 0 Å². The molecule has 0 bridgehead atoms. The number of carbonyl (C=O) groups is 1. The number of nitrogens with zero attached hydrogens (tertiary/aromatic N) is 1. The highest BCUT2D eigenvalue weighted by Gasteiger charge is 2.32. The molecule has 0 spiro atoms. The number of fused-ring (bicyclic) bond motifs is 3. The topological polar surface area (TPSA) is 20.3 Å². The summed E-state index contributed by atoms with van der Waals surface area (Å²) < 4.78 is 0. The highest BCUT2D eigenvalue weighted by atomic mass is 16.2. The molecule has 0 saturated carbocycles. The molecule has 24 heavy (non-hydrogen) atoms. The second kappa shape index (κ2) is 5.97. The Balaban J connectivity index is 1.89. The minimum atomic E-state index is 0.0241. The third-order valence-corrected chi connectivity index (χ3v) is 4.70. The van der Waals surface area contributed by atoms with Crippen LogP contribution in [0.15, 0.2) is 78.9 Å². The lowest BCUT2D eigenvalue weighted by molar-refractivity contribution is -0.117. The quantitative estimate of drug-likeness (QED) is 0.651. The van der Waals surface area contributed by atoms with Gasteiger partial charge in [-0.3, -0.25) is 4.79 Å². The Morgan fingerprint density at radius 3 is 2.21 bits per heavy atom. The van der Waals surface area contributed by atoms with Gasteiger partial charge in [0.05, 0.1) is 11.7 Å². The van der Waals surface area contributed by atoms with Gasteiger partial charge in [-0.25, -0.2) is 0 Å². The Bertz CT molecular complexity index is 885. The fraction of sp³-hybridized carbons (Fsp3) is 0.136. The molecule has 1 aliphatic rings. The summed E-state index contributed by atoms with van der Waals surface area (Å²) in [5.41, 5.74) is 5.82. The lowest BCUT2D eigenvalue weighted by Gasteiger charge is -2.38. The van der Waals surface area contributed by atoms with Crippen molar-refractivity contribution >= 4 is 11.6 Å². The number of hydrogen-bond acceptors (Lipinski definition) is 1. The molecule has 3 aromatic rings. The van der Waals surface area contributed by atoms with E-state index < -0.39 is 0 Å². The molecule has 0 aliphatic carbocycles. The standard InChI is InChI=1S/C22H19NO/c1-16(24)23-21-14-8-7-12-19(21)18-11-5-6-13-20(18)22(23)15-17-9-3-2-4-10-17/h2-14,22H,15H2,1H3. The lowest BCUT2D eigenvalue weighted by atomic mass is 9.85. The van der Waals surface area contributed by atoms with Crippen LogP contribution in [0, 0.1) is 0 Å². The molecule has 1 heterocycles. The van der Waals surface area contributed by atoms with E-state index in [0.29, 0.717) is 0 Å². The minimum absolute atomic E-state index is 0.0241. The first-order valence-corrected chi connectivity index (χ1v) is 8.28. The number of carbonyl (C=O) groups excluding carboxylic acids is 1. The van der Waals surface area contributed by atoms with Crippen molar-refractivity contribution in [1.82, 2.24) is 0 Å². The molecule has 0 N–H and O–H groups in total. The lowest BCUT2D eigenvalue weighted by Crippen LogP contribution is -2.37. The van der Waals surface area contributed by atoms with Gasteiger partial charge in [-0.05, 0) is 29.2 Å². The van der Waals surface area contributed by atoms with E-state index in [4.69, 9.17) is 0 Å². The summed E-state index contributed by atoms with van der Waals surface area (Å²) in [6, 6.07) is 27.0. The maximum absolute atomic E-state index is 12.5. The molecule has 2 nitrogen and oxygen atoms in total. The zero-order chi connectivity index (χ0) is 16.5. The van der Waals surface area contributed by atoms with Gasteiger partial charge in [-0.15, -0.1) is 0 Å². The summed E-state index contributed by atoms with van der Waals surface area (Å²) in [5.74, 6) is 0.0814. The van der Waals surface area contributed by atoms with Crippen molar-refractivity contribution in [3.8, 4) is 11.1 Å². The van der Waals surface area contributed by atoms with Gasteiger partial charge in [0.25, 0.3) is 0 Å². The Morgan fingerprint density at radius 1 is 0.833 bits per heavy atom. The van der Waals surface area contributed by atoms with Crippen LogP contribution in [-0.4, -0.2) is 5.91 Å². The molecule has 1 aliphatic heterocycles. The van der Waals surface area contributed by atoms with E-state index in [2.05, 4.69) is 54.6 Å². The van der Waals surface area contributed by atoms with E-state index in [1.807, 2.05) is 29.2 Å². The second-order valence-electron chi connectivity index (χ2n) is 6.20. The van der Waals surface area contributed by atoms with Crippen LogP contribution in [-0.2, 0) is 11.2 Å². The van der Waals surface area contributed by atoms with Crippen molar-refractivity contribution in [3.63, 3.8) is 0 Å². The monoisotopic (exact) mass is 313 g/mol. The summed E-state index contributed by atoms with van der Waals surface area (Å²) >= 11 is 0. The molecule has 4 rings (SSSR count). The Morgan fingerprint density at radius 2 is 1.46 bits per heavy atom. The summed E-state index contributed by atoms with van der Waals surface area (Å²) in [6.45, 7) is 1.66. The van der Waals surface area contributed by atoms with Crippen LogP contribution < -0.4 is 4.90 Å². The minimum Gasteiger partial charge on any atom is -0.304 e. The first-order chi connectivity index (χ1) is 11.8. The number of rotatable bonds is 2. The van der Waals surface area contributed by atoms with Crippen molar-refractivity contribution in [2.75, 3.05) is 4.90 Å². The Labute approximate surface area is 142 Å². The number of anilines is 1. The van der Waals surface area contributed by atoms with Gasteiger partial charge in [-0.1, -0.05) is 72.8 Å². The zero-order valence-corrected chi connectivity index (χ0v) is 13.6. The molecular weight excluding hydrogens is 294 g/mol. The molecule has 0 radical (unpaired) electrons. The summed E-state index contributed by atoms with van der Waals surface area (Å²) in [5, 5.41) is 0. The fourth-order valence-electron chi connectivity index (χ4n) is 3.68. The van der Waals surface area contributed by atoms with Crippen LogP contribution in [0.5, 0.6) is 0 Å². The Kier molecular flexibility index (Phi) is 3.66. The van der Waals surface area contributed by atoms with Crippen LogP contribution in [0.3, 0.4) is 0 Å². The van der Waals surface area contributed by atoms with Crippen LogP contribution in [0.2, 0.25) is 0 Å². The Hall–Kier alpha value is -2.87. The molecule has 3 aromatic carbocycles. The highest BCUT2D eigenvalue weighted by molar-refractivity contribution is 6.00. The predicted octanol–water partition coefficient (Wildman–Crippen LogP) is 5.00. The first-order valence-electron chi connectivity index (χ1n) is 8.28. The van der Waals surface area contributed by atoms with Gasteiger partial charge < -0.3 is 4.90 Å². The van der Waals surface area contributed by atoms with E-state index >= 15 is 0 Å². The van der Waals surface area contributed by atoms with Crippen molar-refractivity contribution in [2.45, 2.75) is 19.4 Å². The third kappa shape index (κ3) is 2.41. The molecule has 118 valence electrons. The summed E-state index contributed by atoms with van der Waals surface area (Å²) in [6.07, 6.45) is 0.811. The maximum atomic E-state index is 12.5. The first kappa shape index (κ1) is 14.7. The fourth-order valence-corrected chi connectivity index (χ4v) is 3.68. The second-order valence-corrected chi connectivity index (χ2v) is 6.20. The average molecular weight is 313 g/mol. The molecule has 1 amide bonds. The van der Waals surface area contributed by atoms with Crippen molar-refractivity contribution in [3.05, 3.63) is 90.0 Å². The van der Waals surface area contributed by atoms with Gasteiger partial charge in [0.1, 0.15) is 0 Å². The third-order valence-electron chi connectivity index (χ3n) is 4.70. The smallest absolute Gasteiger partial charge is 0.224 e. The molecule has 0 fully saturated rings.